The number of amides is 3. The van der Waals surface area contributed by atoms with Crippen LogP contribution in [0.4, 0.5) is 9.18 Å². The zero-order valence-electron chi connectivity index (χ0n) is 24.9. The third-order valence-corrected chi connectivity index (χ3v) is 8.96. The van der Waals surface area contributed by atoms with Crippen LogP contribution in [0.1, 0.15) is 35.3 Å². The van der Waals surface area contributed by atoms with E-state index in [-0.39, 0.29) is 18.9 Å². The molecule has 3 N–H and O–H groups in total. The first-order valence-electron chi connectivity index (χ1n) is 15.1. The van der Waals surface area contributed by atoms with Crippen LogP contribution in [-0.4, -0.2) is 86.4 Å². The molecule has 230 valence electrons. The first-order chi connectivity index (χ1) is 21.7. The predicted molar refractivity (Wildman–Crippen MR) is 168 cm³/mol. The molecular formula is C32H32FN9O3. The summed E-state index contributed by atoms with van der Waals surface area (Å²) in [5, 5.41) is 3.67. The molecular weight excluding hydrogens is 577 g/mol. The van der Waals surface area contributed by atoms with Crippen molar-refractivity contribution in [1.82, 2.24) is 29.3 Å². The van der Waals surface area contributed by atoms with Gasteiger partial charge in [-0.05, 0) is 61.6 Å². The van der Waals surface area contributed by atoms with Gasteiger partial charge in [-0.25, -0.2) is 19.2 Å². The van der Waals surface area contributed by atoms with Gasteiger partial charge in [0.15, 0.2) is 12.0 Å². The van der Waals surface area contributed by atoms with Crippen molar-refractivity contribution in [3.05, 3.63) is 47.7 Å². The third-order valence-electron chi connectivity index (χ3n) is 8.96. The maximum Gasteiger partial charge on any atom is 0.343 e. The minimum Gasteiger partial charge on any atom is -0.494 e. The molecule has 8 rings (SSSR count). The highest BCUT2D eigenvalue weighted by atomic mass is 19.1. The zero-order valence-corrected chi connectivity index (χ0v) is 24.9. The summed E-state index contributed by atoms with van der Waals surface area (Å²) in [6.07, 6.45) is 4.53. The summed E-state index contributed by atoms with van der Waals surface area (Å²) in [7, 11) is 3.50. The van der Waals surface area contributed by atoms with Crippen molar-refractivity contribution >= 4 is 51.5 Å². The summed E-state index contributed by atoms with van der Waals surface area (Å²) < 4.78 is 24.2. The van der Waals surface area contributed by atoms with Crippen molar-refractivity contribution < 1.29 is 18.7 Å². The molecule has 4 aromatic rings. The van der Waals surface area contributed by atoms with E-state index in [4.69, 9.17) is 20.4 Å². The number of carbonyl (C=O) groups is 2. The van der Waals surface area contributed by atoms with Crippen molar-refractivity contribution in [2.24, 2.45) is 28.7 Å². The number of dihydropyridines is 1. The van der Waals surface area contributed by atoms with Crippen LogP contribution < -0.4 is 15.8 Å². The van der Waals surface area contributed by atoms with Gasteiger partial charge in [-0.3, -0.25) is 9.79 Å². The number of pyridine rings is 1. The average Bonchev–Trinajstić information content (AvgIpc) is 3.53. The number of nitrogens with two attached hydrogens (primary N) is 1. The largest absolute Gasteiger partial charge is 0.494 e. The van der Waals surface area contributed by atoms with Gasteiger partial charge in [-0.2, -0.15) is 4.99 Å². The molecule has 13 heteroatoms. The molecule has 45 heavy (non-hydrogen) atoms. The molecule has 6 heterocycles. The predicted octanol–water partition coefficient (Wildman–Crippen LogP) is 3.48. The van der Waals surface area contributed by atoms with E-state index < -0.39 is 24.4 Å². The smallest absolute Gasteiger partial charge is 0.343 e. The second kappa shape index (κ2) is 10.3. The number of benzene rings is 1. The first-order valence-corrected chi connectivity index (χ1v) is 15.1. The van der Waals surface area contributed by atoms with E-state index in [2.05, 4.69) is 25.9 Å². The number of aryl methyl sites for hydroxylation is 1. The zero-order chi connectivity index (χ0) is 31.0. The molecule has 12 nitrogen and oxygen atoms in total. The van der Waals surface area contributed by atoms with Crippen molar-refractivity contribution in [2.75, 3.05) is 20.2 Å². The molecule has 1 unspecified atom stereocenters. The van der Waals surface area contributed by atoms with Crippen molar-refractivity contribution in [3.63, 3.8) is 0 Å². The second-order valence-electron chi connectivity index (χ2n) is 12.3. The van der Waals surface area contributed by atoms with Crippen molar-refractivity contribution in [1.29, 1.82) is 0 Å². The Morgan fingerprint density at radius 1 is 1.18 bits per heavy atom. The number of methoxy groups -OCH3 is 1. The molecule has 1 aliphatic carbocycles. The van der Waals surface area contributed by atoms with Crippen LogP contribution >= 0.6 is 0 Å². The standard InChI is InChI=1S/C32H32FN9O3/c1-40-27-23(7-18(10-26(27)45-2)31(43)41-14-20(33)11-21(34)15-41)37-30(40)25-9-17-5-6-22(36-29(17)42(25)13-16-3-4-16)19-8-24-28(35-12-19)39-32(44)38-24/h5-10,12,16,20-21,28H,3-4,11,13-15,34H2,1-2H3,(H,39,44)/t20-,21-,28?/m1/s1. The molecule has 3 aromatic heterocycles. The van der Waals surface area contributed by atoms with Crippen LogP contribution in [0.5, 0.6) is 5.75 Å². The number of imidazole rings is 1. The number of aliphatic imine (C=N–C) groups is 2. The van der Waals surface area contributed by atoms with Gasteiger partial charge >= 0.3 is 6.03 Å². The molecule has 1 saturated carbocycles. The number of piperidine rings is 1. The summed E-state index contributed by atoms with van der Waals surface area (Å²) >= 11 is 0. The fourth-order valence-electron chi connectivity index (χ4n) is 6.58. The molecule has 4 aliphatic rings. The highest BCUT2D eigenvalue weighted by molar-refractivity contribution is 6.24. The van der Waals surface area contributed by atoms with Crippen molar-refractivity contribution in [2.45, 2.75) is 44.2 Å². The van der Waals surface area contributed by atoms with Crippen LogP contribution in [0.15, 0.2) is 46.4 Å². The quantitative estimate of drug-likeness (QED) is 0.343. The molecule has 1 saturated heterocycles. The van der Waals surface area contributed by atoms with Crippen molar-refractivity contribution in [3.8, 4) is 17.3 Å². The molecule has 0 bridgehead atoms. The average molecular weight is 610 g/mol. The topological polar surface area (TPSA) is 145 Å². The van der Waals surface area contributed by atoms with Gasteiger partial charge in [0.2, 0.25) is 0 Å². The summed E-state index contributed by atoms with van der Waals surface area (Å²) in [5.74, 6) is 1.47. The van der Waals surface area contributed by atoms with Crippen LogP contribution in [0.2, 0.25) is 0 Å². The summed E-state index contributed by atoms with van der Waals surface area (Å²) in [6.45, 7) is 1.11. The maximum absolute atomic E-state index is 14.3. The molecule has 1 aromatic carbocycles. The lowest BCUT2D eigenvalue weighted by Gasteiger charge is -2.33. The Morgan fingerprint density at radius 2 is 2.02 bits per heavy atom. The van der Waals surface area contributed by atoms with Crippen LogP contribution in [-0.2, 0) is 13.6 Å². The van der Waals surface area contributed by atoms with Gasteiger partial charge in [0, 0.05) is 48.9 Å². The lowest BCUT2D eigenvalue weighted by Crippen LogP contribution is -2.50. The summed E-state index contributed by atoms with van der Waals surface area (Å²) in [5.41, 5.74) is 11.6. The number of aromatic nitrogens is 4. The van der Waals surface area contributed by atoms with E-state index in [1.807, 2.05) is 29.8 Å². The molecule has 0 spiro atoms. The number of urea groups is 1. The van der Waals surface area contributed by atoms with Crippen LogP contribution in [0.25, 0.3) is 39.2 Å². The van der Waals surface area contributed by atoms with E-state index in [1.165, 1.54) is 4.90 Å². The second-order valence-corrected chi connectivity index (χ2v) is 12.3. The van der Waals surface area contributed by atoms with Gasteiger partial charge in [0.05, 0.1) is 36.3 Å². The number of hydrogen-bond donors (Lipinski definition) is 2. The molecule has 0 radical (unpaired) electrons. The van der Waals surface area contributed by atoms with E-state index in [0.717, 1.165) is 52.9 Å². The fraction of sp³-hybridized carbons (Fsp3) is 0.375. The minimum absolute atomic E-state index is 0.0169. The number of carbonyl (C=O) groups excluding carboxylic acids is 2. The summed E-state index contributed by atoms with van der Waals surface area (Å²) in [6, 6.07) is 8.72. The SMILES string of the molecule is COc1cc(C(=O)N2C[C@H](N)C[C@@H](F)C2)cc2nc(-c3cc4ccc(C5=CC6=NC(=O)NC6N=C5)nc4n3CC3CC3)n(C)c12. The Labute approximate surface area is 257 Å². The molecule has 3 aliphatic heterocycles. The highest BCUT2D eigenvalue weighted by Crippen LogP contribution is 2.38. The van der Waals surface area contributed by atoms with Crippen LogP contribution in [0, 0.1) is 5.92 Å². The number of nitrogens with one attached hydrogen (secondary N) is 1. The van der Waals surface area contributed by atoms with E-state index in [9.17, 15) is 14.0 Å². The Hall–Kier alpha value is -4.91. The minimum atomic E-state index is -1.15. The molecule has 2 fully saturated rings. The van der Waals surface area contributed by atoms with E-state index >= 15 is 0 Å². The Kier molecular flexibility index (Phi) is 6.34. The molecule has 3 atom stereocenters. The number of halogens is 1. The van der Waals surface area contributed by atoms with Gasteiger partial charge in [-0.1, -0.05) is 0 Å². The van der Waals surface area contributed by atoms with Gasteiger partial charge < -0.3 is 29.8 Å². The number of fused-ring (bicyclic) bond motifs is 3. The number of hydrogen-bond acceptors (Lipinski definition) is 7. The number of ether oxygens (including phenoxy) is 1. The lowest BCUT2D eigenvalue weighted by molar-refractivity contribution is 0.0606. The molecule has 3 amide bonds. The van der Waals surface area contributed by atoms with Gasteiger partial charge in [0.1, 0.15) is 23.1 Å². The Bertz CT molecular complexity index is 1990. The Balaban J connectivity index is 1.22. The number of allylic oxidation sites excluding steroid dienone is 1. The van der Waals surface area contributed by atoms with Gasteiger partial charge in [0.25, 0.3) is 5.91 Å². The lowest BCUT2D eigenvalue weighted by atomic mass is 10.0. The van der Waals surface area contributed by atoms with Crippen LogP contribution in [0.3, 0.4) is 0 Å². The highest BCUT2D eigenvalue weighted by Gasteiger charge is 2.31. The number of nitrogens with zero attached hydrogens (tertiary/aromatic N) is 7. The monoisotopic (exact) mass is 609 g/mol. The van der Waals surface area contributed by atoms with E-state index in [0.29, 0.717) is 40.8 Å². The number of alkyl halides is 1. The van der Waals surface area contributed by atoms with E-state index in [1.54, 1.807) is 25.5 Å². The van der Waals surface area contributed by atoms with Gasteiger partial charge in [-0.15, -0.1) is 0 Å². The normalized spacial score (nSPS) is 22.9. The number of rotatable bonds is 6. The Morgan fingerprint density at radius 3 is 2.80 bits per heavy atom. The third kappa shape index (κ3) is 4.78. The summed E-state index contributed by atoms with van der Waals surface area (Å²) in [4.78, 5) is 45.2. The maximum atomic E-state index is 14.3. The fourth-order valence-corrected chi connectivity index (χ4v) is 6.58. The first kappa shape index (κ1) is 27.6. The number of likely N-dealkylation sites (tertiary alicyclic amines) is 1.